The molecule has 3 heterocycles. The molecule has 0 unspecified atom stereocenters. The molecular weight excluding hydrogens is 629 g/mol. The number of benzene rings is 8. The van der Waals surface area contributed by atoms with E-state index >= 15 is 0 Å². The highest BCUT2D eigenvalue weighted by atomic mass is 15.2. The lowest BCUT2D eigenvalue weighted by atomic mass is 9.33. The average molecular weight is 662 g/mol. The van der Waals surface area contributed by atoms with Gasteiger partial charge in [0.2, 0.25) is 0 Å². The largest absolute Gasteiger partial charge is 0.311 e. The van der Waals surface area contributed by atoms with Crippen LogP contribution >= 0.6 is 0 Å². The van der Waals surface area contributed by atoms with E-state index < -0.39 is 0 Å². The third-order valence-corrected chi connectivity index (χ3v) is 10.9. The molecule has 0 amide bonds. The number of hydrogen-bond acceptors (Lipinski definition) is 2. The van der Waals surface area contributed by atoms with E-state index in [4.69, 9.17) is 0 Å². The van der Waals surface area contributed by atoms with Gasteiger partial charge in [0, 0.05) is 56.1 Å². The molecule has 0 N–H and O–H groups in total. The molecule has 9 aromatic rings. The topological polar surface area (TPSA) is 11.4 Å². The van der Waals surface area contributed by atoms with Gasteiger partial charge in [-0.3, -0.25) is 0 Å². The molecule has 4 heteroatoms. The average Bonchev–Trinajstić information content (AvgIpc) is 3.55. The number of nitrogens with zero attached hydrogens (tertiary/aromatic N) is 3. The molecule has 1 aromatic heterocycles. The van der Waals surface area contributed by atoms with E-state index in [1.54, 1.807) is 0 Å². The highest BCUT2D eigenvalue weighted by Crippen LogP contribution is 2.47. The second kappa shape index (κ2) is 11.4. The first kappa shape index (κ1) is 29.0. The Kier molecular flexibility index (Phi) is 6.35. The van der Waals surface area contributed by atoms with Crippen molar-refractivity contribution in [2.75, 3.05) is 9.80 Å². The van der Waals surface area contributed by atoms with E-state index in [9.17, 15) is 0 Å². The lowest BCUT2D eigenvalue weighted by Gasteiger charge is -2.44. The van der Waals surface area contributed by atoms with Crippen LogP contribution in [0.15, 0.2) is 194 Å². The fourth-order valence-corrected chi connectivity index (χ4v) is 8.86. The Morgan fingerprint density at radius 1 is 0.365 bits per heavy atom. The first-order valence-corrected chi connectivity index (χ1v) is 18.0. The summed E-state index contributed by atoms with van der Waals surface area (Å²) in [5.74, 6) is 0. The molecule has 0 fully saturated rings. The van der Waals surface area contributed by atoms with E-state index in [-0.39, 0.29) is 6.71 Å². The van der Waals surface area contributed by atoms with Crippen molar-refractivity contribution in [3.63, 3.8) is 0 Å². The molecule has 3 nitrogen and oxygen atoms in total. The minimum Gasteiger partial charge on any atom is -0.311 e. The van der Waals surface area contributed by atoms with Gasteiger partial charge >= 0.3 is 0 Å². The zero-order valence-electron chi connectivity index (χ0n) is 28.4. The van der Waals surface area contributed by atoms with Gasteiger partial charge in [0.25, 0.3) is 6.71 Å². The fraction of sp³-hybridized carbons (Fsp3) is 0. The summed E-state index contributed by atoms with van der Waals surface area (Å²) in [6, 6.07) is 70.9. The molecule has 11 rings (SSSR count). The predicted molar refractivity (Wildman–Crippen MR) is 220 cm³/mol. The Hall–Kier alpha value is -6.78. The quantitative estimate of drug-likeness (QED) is 0.174. The number of fused-ring (bicyclic) bond motifs is 7. The van der Waals surface area contributed by atoms with Crippen LogP contribution < -0.4 is 26.2 Å². The van der Waals surface area contributed by atoms with Gasteiger partial charge in [-0.25, -0.2) is 0 Å². The molecule has 0 saturated heterocycles. The number of aromatic nitrogens is 1. The second-order valence-corrected chi connectivity index (χ2v) is 13.7. The van der Waals surface area contributed by atoms with Crippen LogP contribution in [0, 0.1) is 0 Å². The zero-order chi connectivity index (χ0) is 34.2. The molecule has 0 atom stereocenters. The minimum atomic E-state index is 0.0704. The van der Waals surface area contributed by atoms with Gasteiger partial charge in [0.05, 0.1) is 11.0 Å². The van der Waals surface area contributed by atoms with Crippen LogP contribution in [0.1, 0.15) is 0 Å². The normalized spacial score (nSPS) is 12.9. The smallest absolute Gasteiger partial charge is 0.252 e. The maximum absolute atomic E-state index is 2.51. The molecule has 0 radical (unpaired) electrons. The van der Waals surface area contributed by atoms with Crippen LogP contribution in [0.5, 0.6) is 0 Å². The lowest BCUT2D eigenvalue weighted by molar-refractivity contribution is 1.18. The molecule has 52 heavy (non-hydrogen) atoms. The van der Waals surface area contributed by atoms with Crippen LogP contribution in [0.25, 0.3) is 38.6 Å². The van der Waals surface area contributed by atoms with Crippen molar-refractivity contribution < 1.29 is 0 Å². The van der Waals surface area contributed by atoms with E-state index in [0.29, 0.717) is 0 Å². The van der Waals surface area contributed by atoms with Crippen molar-refractivity contribution in [2.45, 2.75) is 0 Å². The van der Waals surface area contributed by atoms with Gasteiger partial charge in [-0.2, -0.15) is 0 Å². The Morgan fingerprint density at radius 2 is 0.923 bits per heavy atom. The van der Waals surface area contributed by atoms with Crippen LogP contribution in [0.3, 0.4) is 0 Å². The third kappa shape index (κ3) is 4.15. The Balaban J connectivity index is 1.19. The highest BCUT2D eigenvalue weighted by molar-refractivity contribution is 7.00. The summed E-state index contributed by atoms with van der Waals surface area (Å²) >= 11 is 0. The van der Waals surface area contributed by atoms with Crippen molar-refractivity contribution >= 4 is 79.0 Å². The van der Waals surface area contributed by atoms with Crippen molar-refractivity contribution in [3.05, 3.63) is 194 Å². The van der Waals surface area contributed by atoms with E-state index in [1.807, 2.05) is 0 Å². The first-order valence-electron chi connectivity index (χ1n) is 18.0. The Bertz CT molecular complexity index is 2810. The molecule has 0 saturated carbocycles. The van der Waals surface area contributed by atoms with Crippen molar-refractivity contribution in [3.8, 4) is 16.8 Å². The summed E-state index contributed by atoms with van der Waals surface area (Å²) in [6.45, 7) is 0.0704. The number of anilines is 6. The highest BCUT2D eigenvalue weighted by Gasteiger charge is 2.43. The molecule has 8 aromatic carbocycles. The fourth-order valence-electron chi connectivity index (χ4n) is 8.86. The van der Waals surface area contributed by atoms with Crippen molar-refractivity contribution in [1.29, 1.82) is 0 Å². The summed E-state index contributed by atoms with van der Waals surface area (Å²) in [5, 5.41) is 2.51. The molecule has 0 aliphatic carbocycles. The van der Waals surface area contributed by atoms with Gasteiger partial charge < -0.3 is 14.4 Å². The summed E-state index contributed by atoms with van der Waals surface area (Å²) in [4.78, 5) is 4.95. The van der Waals surface area contributed by atoms with Crippen LogP contribution in [0.2, 0.25) is 0 Å². The maximum atomic E-state index is 2.51. The molecule has 2 aliphatic heterocycles. The predicted octanol–water partition coefficient (Wildman–Crippen LogP) is 10.5. The second-order valence-electron chi connectivity index (χ2n) is 13.7. The van der Waals surface area contributed by atoms with Crippen molar-refractivity contribution in [2.24, 2.45) is 0 Å². The molecular formula is C48H32BN3. The molecule has 0 bridgehead atoms. The van der Waals surface area contributed by atoms with E-state index in [0.717, 1.165) is 11.4 Å². The molecule has 242 valence electrons. The van der Waals surface area contributed by atoms with Crippen LogP contribution in [-0.4, -0.2) is 11.3 Å². The van der Waals surface area contributed by atoms with Gasteiger partial charge in [-0.1, -0.05) is 121 Å². The maximum Gasteiger partial charge on any atom is 0.252 e. The molecule has 0 spiro atoms. The van der Waals surface area contributed by atoms with Crippen LogP contribution in [-0.2, 0) is 0 Å². The van der Waals surface area contributed by atoms with Crippen molar-refractivity contribution in [1.82, 2.24) is 4.57 Å². The summed E-state index contributed by atoms with van der Waals surface area (Å²) in [6.07, 6.45) is 0. The number of rotatable bonds is 4. The minimum absolute atomic E-state index is 0.0704. The summed E-state index contributed by atoms with van der Waals surface area (Å²) in [7, 11) is 0. The van der Waals surface area contributed by atoms with E-state index in [2.05, 4.69) is 208 Å². The summed E-state index contributed by atoms with van der Waals surface area (Å²) < 4.78 is 2.39. The Morgan fingerprint density at radius 3 is 1.69 bits per heavy atom. The first-order chi connectivity index (χ1) is 25.8. The van der Waals surface area contributed by atoms with Gasteiger partial charge in [-0.15, -0.1) is 0 Å². The standard InChI is InChI=1S/C48H32BN3/c1-4-16-34(17-5-1)50-42-26-12-10-22-38(42)39-32-33(30-31-43(39)50)37-23-14-25-41-48(37)52(36-20-8-3-9-21-36)46-29-15-28-45-47(46)49(41)40-24-11-13-27-44(40)51(45)35-18-6-2-7-19-35/h1-32H. The number of para-hydroxylation sites is 6. The van der Waals surface area contributed by atoms with Crippen LogP contribution in [0.4, 0.5) is 34.1 Å². The number of hydrogen-bond donors (Lipinski definition) is 0. The van der Waals surface area contributed by atoms with Gasteiger partial charge in [-0.05, 0) is 94.7 Å². The SMILES string of the molecule is c1ccc(N2c3ccccc3B3c4cccc(-c5ccc6c(c5)c5ccccc5n6-c5ccccc5)c4N(c4ccccc4)c4cccc2c43)cc1. The van der Waals surface area contributed by atoms with Gasteiger partial charge in [0.15, 0.2) is 0 Å². The van der Waals surface area contributed by atoms with Gasteiger partial charge in [0.1, 0.15) is 0 Å². The lowest BCUT2D eigenvalue weighted by Crippen LogP contribution is -2.61. The zero-order valence-corrected chi connectivity index (χ0v) is 28.4. The summed E-state index contributed by atoms with van der Waals surface area (Å²) in [5.41, 5.74) is 17.2. The molecule has 2 aliphatic rings. The Labute approximate surface area is 303 Å². The monoisotopic (exact) mass is 661 g/mol. The third-order valence-electron chi connectivity index (χ3n) is 10.9. The van der Waals surface area contributed by atoms with E-state index in [1.165, 1.54) is 77.8 Å².